The van der Waals surface area contributed by atoms with Crippen LogP contribution in [0.2, 0.25) is 0 Å². The minimum absolute atomic E-state index is 0.000789. The molecule has 6 nitrogen and oxygen atoms in total. The van der Waals surface area contributed by atoms with E-state index < -0.39 is 5.97 Å². The van der Waals surface area contributed by atoms with Gasteiger partial charge in [-0.25, -0.2) is 9.78 Å². The monoisotopic (exact) mass is 430 g/mol. The van der Waals surface area contributed by atoms with Crippen LogP contribution in [0.15, 0.2) is 39.2 Å². The van der Waals surface area contributed by atoms with Crippen molar-refractivity contribution in [3.05, 3.63) is 57.1 Å². The summed E-state index contributed by atoms with van der Waals surface area (Å²) in [4.78, 5) is 31.8. The van der Waals surface area contributed by atoms with Gasteiger partial charge in [-0.1, -0.05) is 24.8 Å². The number of rotatable bonds is 6. The average Bonchev–Trinajstić information content (AvgIpc) is 3.32. The van der Waals surface area contributed by atoms with Crippen LogP contribution in [-0.2, 0) is 29.9 Å². The highest BCUT2D eigenvalue weighted by Gasteiger charge is 2.24. The number of carbonyl (C=O) groups is 1. The lowest BCUT2D eigenvalue weighted by atomic mass is 9.89. The van der Waals surface area contributed by atoms with Gasteiger partial charge in [0.2, 0.25) is 5.76 Å². The number of carbonyl (C=O) groups excluding carboxylic acids is 1. The molecular formula is C21H22N2O4S2. The number of aromatic nitrogens is 2. The molecule has 4 rings (SSSR count). The van der Waals surface area contributed by atoms with E-state index in [2.05, 4.69) is 18.2 Å². The SMILES string of the molecule is C=CCn1c(SCc2ccc(C(=O)OC)o2)nc2sc3c(c2c1=O)CCC(C)C3. The summed E-state index contributed by atoms with van der Waals surface area (Å²) in [6.45, 7) is 6.44. The molecule has 3 aromatic heterocycles. The number of thiophene rings is 1. The molecule has 8 heteroatoms. The van der Waals surface area contributed by atoms with Crippen LogP contribution >= 0.6 is 23.1 Å². The number of methoxy groups -OCH3 is 1. The second kappa shape index (κ2) is 8.20. The van der Waals surface area contributed by atoms with E-state index in [0.29, 0.717) is 29.1 Å². The summed E-state index contributed by atoms with van der Waals surface area (Å²) in [5.74, 6) is 1.36. The zero-order valence-corrected chi connectivity index (χ0v) is 18.0. The number of hydrogen-bond donors (Lipinski definition) is 0. The molecule has 0 saturated heterocycles. The van der Waals surface area contributed by atoms with Crippen molar-refractivity contribution in [1.82, 2.24) is 9.55 Å². The number of ether oxygens (including phenoxy) is 1. The zero-order valence-electron chi connectivity index (χ0n) is 16.4. The van der Waals surface area contributed by atoms with E-state index in [9.17, 15) is 9.59 Å². The Morgan fingerprint density at radius 2 is 2.34 bits per heavy atom. The van der Waals surface area contributed by atoms with Crippen LogP contribution < -0.4 is 5.56 Å². The molecule has 1 aliphatic carbocycles. The first-order valence-electron chi connectivity index (χ1n) is 9.47. The number of nitrogens with zero attached hydrogens (tertiary/aromatic N) is 2. The smallest absolute Gasteiger partial charge is 0.373 e. The predicted molar refractivity (Wildman–Crippen MR) is 115 cm³/mol. The molecule has 0 N–H and O–H groups in total. The first-order valence-corrected chi connectivity index (χ1v) is 11.3. The van der Waals surface area contributed by atoms with Gasteiger partial charge in [0.05, 0.1) is 18.2 Å². The van der Waals surface area contributed by atoms with Gasteiger partial charge in [0.25, 0.3) is 5.56 Å². The molecule has 0 spiro atoms. The average molecular weight is 431 g/mol. The summed E-state index contributed by atoms with van der Waals surface area (Å²) in [5, 5.41) is 1.40. The fourth-order valence-corrected chi connectivity index (χ4v) is 5.93. The van der Waals surface area contributed by atoms with Crippen molar-refractivity contribution in [1.29, 1.82) is 0 Å². The summed E-state index contributed by atoms with van der Waals surface area (Å²) in [7, 11) is 1.31. The molecule has 1 atom stereocenters. The topological polar surface area (TPSA) is 74.3 Å². The highest BCUT2D eigenvalue weighted by atomic mass is 32.2. The van der Waals surface area contributed by atoms with E-state index in [0.717, 1.165) is 29.5 Å². The molecule has 0 aromatic carbocycles. The van der Waals surface area contributed by atoms with Crippen LogP contribution in [0.1, 0.15) is 40.1 Å². The van der Waals surface area contributed by atoms with Crippen molar-refractivity contribution in [3.8, 4) is 0 Å². The largest absolute Gasteiger partial charge is 0.463 e. The fourth-order valence-electron chi connectivity index (χ4n) is 3.61. The maximum atomic E-state index is 13.3. The van der Waals surface area contributed by atoms with Gasteiger partial charge in [-0.3, -0.25) is 9.36 Å². The highest BCUT2D eigenvalue weighted by molar-refractivity contribution is 7.98. The lowest BCUT2D eigenvalue weighted by molar-refractivity contribution is 0.0563. The summed E-state index contributed by atoms with van der Waals surface area (Å²) < 4.78 is 11.9. The standard InChI is InChI=1S/C21H22N2O4S2/c1-4-9-23-19(24)17-14-7-5-12(2)10-16(14)29-18(17)22-21(23)28-11-13-6-8-15(27-13)20(25)26-3/h4,6,8,12H,1,5,7,9-11H2,2-3H3. The predicted octanol–water partition coefficient (Wildman–Crippen LogP) is 4.44. The van der Waals surface area contributed by atoms with E-state index >= 15 is 0 Å². The number of hydrogen-bond acceptors (Lipinski definition) is 7. The van der Waals surface area contributed by atoms with Gasteiger partial charge in [0.15, 0.2) is 5.16 Å². The van der Waals surface area contributed by atoms with E-state index in [-0.39, 0.29) is 11.3 Å². The summed E-state index contributed by atoms with van der Waals surface area (Å²) in [5.41, 5.74) is 1.18. The Hall–Kier alpha value is -2.32. The van der Waals surface area contributed by atoms with Crippen molar-refractivity contribution in [2.24, 2.45) is 5.92 Å². The Balaban J connectivity index is 1.69. The van der Waals surface area contributed by atoms with Gasteiger partial charge >= 0.3 is 5.97 Å². The minimum atomic E-state index is -0.511. The second-order valence-corrected chi connectivity index (χ2v) is 9.20. The summed E-state index contributed by atoms with van der Waals surface area (Å²) >= 11 is 3.06. The Morgan fingerprint density at radius 1 is 1.52 bits per heavy atom. The van der Waals surface area contributed by atoms with Crippen molar-refractivity contribution < 1.29 is 13.9 Å². The van der Waals surface area contributed by atoms with Gasteiger partial charge in [-0.15, -0.1) is 17.9 Å². The van der Waals surface area contributed by atoms with Gasteiger partial charge < -0.3 is 9.15 Å². The third-order valence-corrected chi connectivity index (χ3v) is 7.23. The van der Waals surface area contributed by atoms with Gasteiger partial charge in [0.1, 0.15) is 10.6 Å². The number of aryl methyl sites for hydroxylation is 1. The molecule has 0 radical (unpaired) electrons. The van der Waals surface area contributed by atoms with Crippen LogP contribution in [0, 0.1) is 5.92 Å². The van der Waals surface area contributed by atoms with Gasteiger partial charge in [-0.2, -0.15) is 0 Å². The molecule has 1 unspecified atom stereocenters. The first-order chi connectivity index (χ1) is 14.0. The Kier molecular flexibility index (Phi) is 5.65. The van der Waals surface area contributed by atoms with E-state index in [1.807, 2.05) is 0 Å². The summed E-state index contributed by atoms with van der Waals surface area (Å²) in [6.07, 6.45) is 4.78. The van der Waals surface area contributed by atoms with Crippen LogP contribution in [0.4, 0.5) is 0 Å². The molecule has 152 valence electrons. The number of fused-ring (bicyclic) bond motifs is 3. The second-order valence-electron chi connectivity index (χ2n) is 7.18. The van der Waals surface area contributed by atoms with Gasteiger partial charge in [0, 0.05) is 11.4 Å². The number of furan rings is 1. The third kappa shape index (κ3) is 3.79. The normalized spacial score (nSPS) is 16.0. The minimum Gasteiger partial charge on any atom is -0.463 e. The maximum Gasteiger partial charge on any atom is 0.373 e. The molecule has 0 saturated carbocycles. The molecular weight excluding hydrogens is 408 g/mol. The quantitative estimate of drug-likeness (QED) is 0.249. The molecule has 3 aromatic rings. The molecule has 29 heavy (non-hydrogen) atoms. The highest BCUT2D eigenvalue weighted by Crippen LogP contribution is 2.36. The van der Waals surface area contributed by atoms with E-state index in [4.69, 9.17) is 9.40 Å². The number of esters is 1. The maximum absolute atomic E-state index is 13.3. The van der Waals surface area contributed by atoms with Crippen LogP contribution in [0.25, 0.3) is 10.2 Å². The molecule has 1 aliphatic rings. The van der Waals surface area contributed by atoms with Crippen LogP contribution in [-0.4, -0.2) is 22.6 Å². The van der Waals surface area contributed by atoms with E-state index in [1.165, 1.54) is 29.3 Å². The van der Waals surface area contributed by atoms with Crippen molar-refractivity contribution in [2.75, 3.05) is 7.11 Å². The molecule has 0 amide bonds. The third-order valence-electron chi connectivity index (χ3n) is 5.08. The van der Waals surface area contributed by atoms with Crippen molar-refractivity contribution >= 4 is 39.3 Å². The Labute approximate surface area is 176 Å². The molecule has 0 bridgehead atoms. The molecule has 0 aliphatic heterocycles. The zero-order chi connectivity index (χ0) is 20.5. The van der Waals surface area contributed by atoms with Crippen molar-refractivity contribution in [2.45, 2.75) is 43.6 Å². The number of allylic oxidation sites excluding steroid dienone is 1. The van der Waals surface area contributed by atoms with Gasteiger partial charge in [-0.05, 0) is 42.9 Å². The van der Waals surface area contributed by atoms with Crippen LogP contribution in [0.3, 0.4) is 0 Å². The van der Waals surface area contributed by atoms with Crippen molar-refractivity contribution in [3.63, 3.8) is 0 Å². The Morgan fingerprint density at radius 3 is 3.10 bits per heavy atom. The number of thioether (sulfide) groups is 1. The summed E-state index contributed by atoms with van der Waals surface area (Å²) in [6, 6.07) is 3.32. The van der Waals surface area contributed by atoms with E-state index in [1.54, 1.807) is 34.1 Å². The first kappa shape index (κ1) is 20.0. The molecule has 0 fully saturated rings. The fraction of sp³-hybridized carbons (Fsp3) is 0.381. The lowest BCUT2D eigenvalue weighted by Crippen LogP contribution is -2.23. The molecule has 3 heterocycles. The Bertz CT molecular complexity index is 1140. The van der Waals surface area contributed by atoms with Crippen LogP contribution in [0.5, 0.6) is 0 Å². The lowest BCUT2D eigenvalue weighted by Gasteiger charge is -2.17.